The van der Waals surface area contributed by atoms with Gasteiger partial charge in [-0.1, -0.05) is 15.9 Å². The summed E-state index contributed by atoms with van der Waals surface area (Å²) in [6.07, 6.45) is -0.0775. The summed E-state index contributed by atoms with van der Waals surface area (Å²) in [5.41, 5.74) is 0. The Morgan fingerprint density at radius 1 is 1.33 bits per heavy atom. The van der Waals surface area contributed by atoms with Gasteiger partial charge in [-0.25, -0.2) is 0 Å². The van der Waals surface area contributed by atoms with Crippen molar-refractivity contribution in [2.45, 2.75) is 26.3 Å². The predicted molar refractivity (Wildman–Crippen MR) is 86.4 cm³/mol. The molecule has 116 valence electrons. The summed E-state index contributed by atoms with van der Waals surface area (Å²) < 4.78 is 7.13. The molecule has 0 radical (unpaired) electrons. The maximum atomic E-state index is 12.1. The Kier molecular flexibility index (Phi) is 7.17. The van der Waals surface area contributed by atoms with Crippen molar-refractivity contribution in [3.63, 3.8) is 0 Å². The highest BCUT2D eigenvalue weighted by Gasteiger charge is 2.18. The Bertz CT molecular complexity index is 520. The molecule has 1 N–H and O–H groups in total. The third-order valence-corrected chi connectivity index (χ3v) is 3.87. The Hall–Kier alpha value is -1.08. The van der Waals surface area contributed by atoms with E-state index in [0.29, 0.717) is 5.75 Å². The van der Waals surface area contributed by atoms with E-state index < -0.39 is 5.97 Å². The number of carboxylic acids is 1. The Balaban J connectivity index is 2.62. The molecule has 0 bridgehead atoms. The molecule has 1 amide bonds. The maximum absolute atomic E-state index is 12.1. The molecule has 0 spiro atoms. The summed E-state index contributed by atoms with van der Waals surface area (Å²) >= 11 is 6.69. The lowest BCUT2D eigenvalue weighted by atomic mass is 10.2. The van der Waals surface area contributed by atoms with Crippen molar-refractivity contribution < 1.29 is 19.4 Å². The van der Waals surface area contributed by atoms with Crippen molar-refractivity contribution in [1.29, 1.82) is 0 Å². The van der Waals surface area contributed by atoms with Gasteiger partial charge in [0, 0.05) is 17.1 Å². The number of carboxylic acid groups (broad SMARTS) is 1. The molecule has 1 rings (SSSR count). The Morgan fingerprint density at radius 3 is 2.52 bits per heavy atom. The van der Waals surface area contributed by atoms with Crippen molar-refractivity contribution in [2.75, 3.05) is 13.2 Å². The van der Waals surface area contributed by atoms with Gasteiger partial charge in [-0.15, -0.1) is 0 Å². The van der Waals surface area contributed by atoms with Crippen LogP contribution in [0.2, 0.25) is 0 Å². The van der Waals surface area contributed by atoms with E-state index in [2.05, 4.69) is 31.9 Å². The second kappa shape index (κ2) is 8.38. The van der Waals surface area contributed by atoms with Gasteiger partial charge in [0.25, 0.3) is 5.91 Å². The molecule has 0 atom stereocenters. The zero-order valence-corrected chi connectivity index (χ0v) is 15.0. The number of carbonyl (C=O) groups is 2. The number of hydrogen-bond donors (Lipinski definition) is 1. The molecule has 1 aromatic carbocycles. The van der Waals surface area contributed by atoms with Crippen LogP contribution in [0.3, 0.4) is 0 Å². The van der Waals surface area contributed by atoms with Crippen LogP contribution in [0.4, 0.5) is 0 Å². The molecule has 0 heterocycles. The van der Waals surface area contributed by atoms with Crippen LogP contribution < -0.4 is 4.74 Å². The molecule has 5 nitrogen and oxygen atoms in total. The first kappa shape index (κ1) is 18.0. The fourth-order valence-corrected chi connectivity index (χ4v) is 2.86. The molecule has 0 aliphatic carbocycles. The molecular formula is C14H17Br2NO4. The first-order valence-corrected chi connectivity index (χ1v) is 7.99. The van der Waals surface area contributed by atoms with Crippen molar-refractivity contribution in [3.8, 4) is 5.75 Å². The molecule has 0 fully saturated rings. The number of ether oxygens (including phenoxy) is 1. The van der Waals surface area contributed by atoms with Gasteiger partial charge in [0.05, 0.1) is 10.9 Å². The Morgan fingerprint density at radius 2 is 2.00 bits per heavy atom. The van der Waals surface area contributed by atoms with E-state index in [9.17, 15) is 9.59 Å². The third-order valence-electron chi connectivity index (χ3n) is 2.76. The minimum atomic E-state index is -0.926. The summed E-state index contributed by atoms with van der Waals surface area (Å²) in [5.74, 6) is -0.598. The van der Waals surface area contributed by atoms with Crippen LogP contribution in [0.25, 0.3) is 0 Å². The minimum absolute atomic E-state index is 0.0752. The molecule has 0 aliphatic heterocycles. The highest BCUT2D eigenvalue weighted by atomic mass is 79.9. The lowest BCUT2D eigenvalue weighted by Crippen LogP contribution is -2.41. The zero-order chi connectivity index (χ0) is 16.0. The lowest BCUT2D eigenvalue weighted by molar-refractivity contribution is -0.139. The SMILES string of the molecule is CC(C)N(CCC(=O)O)C(=O)COc1ccc(Br)cc1Br. The average Bonchev–Trinajstić information content (AvgIpc) is 2.37. The number of rotatable bonds is 7. The largest absolute Gasteiger partial charge is 0.483 e. The van der Waals surface area contributed by atoms with Gasteiger partial charge in [0.2, 0.25) is 0 Å². The number of nitrogens with zero attached hydrogens (tertiary/aromatic N) is 1. The zero-order valence-electron chi connectivity index (χ0n) is 11.8. The first-order valence-electron chi connectivity index (χ1n) is 6.40. The van der Waals surface area contributed by atoms with Crippen LogP contribution in [0, 0.1) is 0 Å². The van der Waals surface area contributed by atoms with Crippen LogP contribution in [0.15, 0.2) is 27.1 Å². The van der Waals surface area contributed by atoms with Gasteiger partial charge in [-0.2, -0.15) is 0 Å². The standard InChI is InChI=1S/C14H17Br2NO4/c1-9(2)17(6-5-14(19)20)13(18)8-21-12-4-3-10(15)7-11(12)16/h3-4,7,9H,5-6,8H2,1-2H3,(H,19,20). The highest BCUT2D eigenvalue weighted by molar-refractivity contribution is 9.11. The Labute approximate surface area is 140 Å². The van der Waals surface area contributed by atoms with Crippen LogP contribution in [-0.2, 0) is 9.59 Å². The fourth-order valence-electron chi connectivity index (χ4n) is 1.70. The van der Waals surface area contributed by atoms with Gasteiger partial charge in [-0.05, 0) is 48.0 Å². The minimum Gasteiger partial charge on any atom is -0.483 e. The summed E-state index contributed by atoms with van der Waals surface area (Å²) in [5, 5.41) is 8.72. The summed E-state index contributed by atoms with van der Waals surface area (Å²) in [7, 11) is 0. The average molecular weight is 423 g/mol. The van der Waals surface area contributed by atoms with Crippen LogP contribution in [0.5, 0.6) is 5.75 Å². The predicted octanol–water partition coefficient (Wildman–Crippen LogP) is 3.30. The molecule has 7 heteroatoms. The van der Waals surface area contributed by atoms with Crippen molar-refractivity contribution in [3.05, 3.63) is 27.1 Å². The summed E-state index contributed by atoms with van der Waals surface area (Å²) in [6, 6.07) is 5.31. The number of benzene rings is 1. The smallest absolute Gasteiger partial charge is 0.305 e. The van der Waals surface area contributed by atoms with Crippen molar-refractivity contribution >= 4 is 43.7 Å². The topological polar surface area (TPSA) is 66.8 Å². The molecule has 0 aliphatic rings. The summed E-state index contributed by atoms with van der Waals surface area (Å²) in [6.45, 7) is 3.74. The van der Waals surface area contributed by atoms with E-state index in [4.69, 9.17) is 9.84 Å². The lowest BCUT2D eigenvalue weighted by Gasteiger charge is -2.26. The second-order valence-electron chi connectivity index (χ2n) is 4.69. The molecule has 21 heavy (non-hydrogen) atoms. The van der Waals surface area contributed by atoms with E-state index in [1.165, 1.54) is 4.90 Å². The van der Waals surface area contributed by atoms with E-state index in [-0.39, 0.29) is 31.5 Å². The van der Waals surface area contributed by atoms with E-state index in [1.54, 1.807) is 6.07 Å². The van der Waals surface area contributed by atoms with E-state index >= 15 is 0 Å². The van der Waals surface area contributed by atoms with Crippen LogP contribution >= 0.6 is 31.9 Å². The van der Waals surface area contributed by atoms with E-state index in [0.717, 1.165) is 8.95 Å². The monoisotopic (exact) mass is 421 g/mol. The number of carbonyl (C=O) groups excluding carboxylic acids is 1. The number of aliphatic carboxylic acids is 1. The molecule has 0 unspecified atom stereocenters. The number of amides is 1. The van der Waals surface area contributed by atoms with Crippen molar-refractivity contribution in [2.24, 2.45) is 0 Å². The van der Waals surface area contributed by atoms with Crippen LogP contribution in [0.1, 0.15) is 20.3 Å². The molecular weight excluding hydrogens is 406 g/mol. The maximum Gasteiger partial charge on any atom is 0.305 e. The van der Waals surface area contributed by atoms with Gasteiger partial charge >= 0.3 is 5.97 Å². The second-order valence-corrected chi connectivity index (χ2v) is 6.46. The van der Waals surface area contributed by atoms with Gasteiger partial charge in [0.15, 0.2) is 6.61 Å². The number of hydrogen-bond acceptors (Lipinski definition) is 3. The number of halogens is 2. The summed E-state index contributed by atoms with van der Waals surface area (Å²) in [4.78, 5) is 24.3. The fraction of sp³-hybridized carbons (Fsp3) is 0.429. The normalized spacial score (nSPS) is 10.5. The molecule has 0 saturated heterocycles. The van der Waals surface area contributed by atoms with Gasteiger partial charge in [-0.3, -0.25) is 9.59 Å². The highest BCUT2D eigenvalue weighted by Crippen LogP contribution is 2.28. The van der Waals surface area contributed by atoms with Crippen molar-refractivity contribution in [1.82, 2.24) is 4.90 Å². The molecule has 1 aromatic rings. The van der Waals surface area contributed by atoms with Gasteiger partial charge < -0.3 is 14.7 Å². The van der Waals surface area contributed by atoms with E-state index in [1.807, 2.05) is 26.0 Å². The van der Waals surface area contributed by atoms with Crippen LogP contribution in [-0.4, -0.2) is 41.1 Å². The quantitative estimate of drug-likeness (QED) is 0.731. The first-order chi connectivity index (χ1) is 9.81. The third kappa shape index (κ3) is 6.05. The molecule has 0 saturated carbocycles. The molecule has 0 aromatic heterocycles. The van der Waals surface area contributed by atoms with Gasteiger partial charge in [0.1, 0.15) is 5.75 Å².